The first-order valence-corrected chi connectivity index (χ1v) is 5.41. The van der Waals surface area contributed by atoms with Crippen LogP contribution in [0.5, 0.6) is 0 Å². The van der Waals surface area contributed by atoms with Gasteiger partial charge in [0, 0.05) is 18.6 Å². The number of aromatic amines is 1. The molecule has 96 valence electrons. The fourth-order valence-electron chi connectivity index (χ4n) is 1.96. The van der Waals surface area contributed by atoms with E-state index in [1.54, 1.807) is 4.90 Å². The number of aromatic nitrogens is 3. The molecule has 8 heteroatoms. The summed E-state index contributed by atoms with van der Waals surface area (Å²) >= 11 is 0. The smallest absolute Gasteiger partial charge is 0.335 e. The quantitative estimate of drug-likeness (QED) is 0.783. The van der Waals surface area contributed by atoms with Crippen molar-refractivity contribution in [3.63, 3.8) is 0 Å². The minimum atomic E-state index is -4.49. The van der Waals surface area contributed by atoms with Crippen LogP contribution >= 0.6 is 0 Å². The average Bonchev–Trinajstić information content (AvgIpc) is 2.70. The van der Waals surface area contributed by atoms with Crippen molar-refractivity contribution in [3.05, 3.63) is 5.82 Å². The van der Waals surface area contributed by atoms with E-state index in [1.165, 1.54) is 0 Å². The molecular formula is C9H14F3N5. The Morgan fingerprint density at radius 1 is 1.47 bits per heavy atom. The number of hydrogen-bond acceptors (Lipinski definition) is 4. The van der Waals surface area contributed by atoms with Crippen LogP contribution < -0.4 is 10.6 Å². The monoisotopic (exact) mass is 249 g/mol. The van der Waals surface area contributed by atoms with Crippen LogP contribution in [0, 0.1) is 0 Å². The van der Waals surface area contributed by atoms with E-state index in [0.717, 1.165) is 12.8 Å². The number of H-pyrrole nitrogens is 1. The molecule has 0 aromatic carbocycles. The predicted molar refractivity (Wildman–Crippen MR) is 55.4 cm³/mol. The molecule has 0 radical (unpaired) electrons. The minimum Gasteiger partial charge on any atom is -0.335 e. The Morgan fingerprint density at radius 3 is 2.76 bits per heavy atom. The molecule has 2 unspecified atom stereocenters. The largest absolute Gasteiger partial charge is 0.451 e. The molecule has 0 bridgehead atoms. The van der Waals surface area contributed by atoms with Crippen molar-refractivity contribution in [2.75, 3.05) is 11.4 Å². The number of nitrogens with one attached hydrogen (secondary N) is 1. The Labute approximate surface area is 96.2 Å². The Balaban J connectivity index is 2.19. The molecule has 1 aromatic heterocycles. The molecule has 2 heterocycles. The fraction of sp³-hybridized carbons (Fsp3) is 0.778. The standard InChI is InChI=1S/C9H14F3N5/c1-5-6(13)3-2-4-17(5)8-14-7(15-16-8)9(10,11)12/h5-6H,2-4,13H2,1H3,(H,14,15,16). The molecule has 1 aromatic rings. The molecule has 0 spiro atoms. The van der Waals surface area contributed by atoms with Crippen LogP contribution in [0.15, 0.2) is 0 Å². The summed E-state index contributed by atoms with van der Waals surface area (Å²) in [6.07, 6.45) is -2.79. The molecule has 0 aliphatic carbocycles. The zero-order valence-electron chi connectivity index (χ0n) is 9.33. The highest BCUT2D eigenvalue weighted by molar-refractivity contribution is 5.32. The SMILES string of the molecule is CC1C(N)CCCN1c1n[nH]c(C(F)(F)F)n1. The lowest BCUT2D eigenvalue weighted by molar-refractivity contribution is -0.144. The molecule has 1 saturated heterocycles. The summed E-state index contributed by atoms with van der Waals surface area (Å²) in [4.78, 5) is 5.18. The van der Waals surface area contributed by atoms with Gasteiger partial charge in [-0.3, -0.25) is 5.10 Å². The van der Waals surface area contributed by atoms with E-state index in [4.69, 9.17) is 5.73 Å². The van der Waals surface area contributed by atoms with Gasteiger partial charge in [-0.1, -0.05) is 0 Å². The van der Waals surface area contributed by atoms with Gasteiger partial charge in [-0.05, 0) is 19.8 Å². The molecule has 3 N–H and O–H groups in total. The lowest BCUT2D eigenvalue weighted by atomic mass is 9.99. The molecule has 5 nitrogen and oxygen atoms in total. The highest BCUT2D eigenvalue weighted by Gasteiger charge is 2.37. The van der Waals surface area contributed by atoms with Gasteiger partial charge in [0.25, 0.3) is 0 Å². The normalized spacial score (nSPS) is 26.3. The molecule has 1 aliphatic heterocycles. The lowest BCUT2D eigenvalue weighted by Crippen LogP contribution is -2.51. The van der Waals surface area contributed by atoms with Crippen molar-refractivity contribution in [1.82, 2.24) is 15.2 Å². The molecular weight excluding hydrogens is 235 g/mol. The number of nitrogens with zero attached hydrogens (tertiary/aromatic N) is 3. The van der Waals surface area contributed by atoms with Crippen molar-refractivity contribution >= 4 is 5.95 Å². The molecule has 0 saturated carbocycles. The summed E-state index contributed by atoms with van der Waals surface area (Å²) in [5, 5.41) is 5.52. The van der Waals surface area contributed by atoms with Crippen molar-refractivity contribution in [2.45, 2.75) is 38.0 Å². The van der Waals surface area contributed by atoms with E-state index in [0.29, 0.717) is 6.54 Å². The van der Waals surface area contributed by atoms with Crippen LogP contribution in [0.2, 0.25) is 0 Å². The summed E-state index contributed by atoms with van der Waals surface area (Å²) in [5.74, 6) is -1.00. The van der Waals surface area contributed by atoms with Gasteiger partial charge in [-0.15, -0.1) is 5.10 Å². The van der Waals surface area contributed by atoms with Gasteiger partial charge in [0.1, 0.15) is 0 Å². The molecule has 1 fully saturated rings. The maximum Gasteiger partial charge on any atom is 0.451 e. The van der Waals surface area contributed by atoms with Crippen LogP contribution in [0.4, 0.5) is 19.1 Å². The zero-order valence-corrected chi connectivity index (χ0v) is 9.33. The summed E-state index contributed by atoms with van der Waals surface area (Å²) in [6.45, 7) is 2.50. The molecule has 2 atom stereocenters. The van der Waals surface area contributed by atoms with E-state index in [-0.39, 0.29) is 18.0 Å². The van der Waals surface area contributed by atoms with Crippen LogP contribution in [0.1, 0.15) is 25.6 Å². The average molecular weight is 249 g/mol. The van der Waals surface area contributed by atoms with Crippen molar-refractivity contribution in [2.24, 2.45) is 5.73 Å². The number of piperidine rings is 1. The Bertz CT molecular complexity index is 388. The van der Waals surface area contributed by atoms with Crippen molar-refractivity contribution < 1.29 is 13.2 Å². The van der Waals surface area contributed by atoms with Crippen LogP contribution in [0.25, 0.3) is 0 Å². The van der Waals surface area contributed by atoms with E-state index in [1.807, 2.05) is 12.0 Å². The number of nitrogens with two attached hydrogens (primary N) is 1. The van der Waals surface area contributed by atoms with Gasteiger partial charge in [0.2, 0.25) is 11.8 Å². The third-order valence-corrected chi connectivity index (χ3v) is 3.05. The Morgan fingerprint density at radius 2 is 2.18 bits per heavy atom. The highest BCUT2D eigenvalue weighted by Crippen LogP contribution is 2.28. The summed E-state index contributed by atoms with van der Waals surface area (Å²) in [7, 11) is 0. The maximum absolute atomic E-state index is 12.4. The number of rotatable bonds is 1. The molecule has 1 aliphatic rings. The Hall–Kier alpha value is -1.31. The third kappa shape index (κ3) is 2.36. The molecule has 17 heavy (non-hydrogen) atoms. The van der Waals surface area contributed by atoms with E-state index in [2.05, 4.69) is 10.1 Å². The van der Waals surface area contributed by atoms with Gasteiger partial charge < -0.3 is 10.6 Å². The third-order valence-electron chi connectivity index (χ3n) is 3.05. The van der Waals surface area contributed by atoms with Crippen molar-refractivity contribution in [1.29, 1.82) is 0 Å². The second-order valence-corrected chi connectivity index (χ2v) is 4.22. The maximum atomic E-state index is 12.4. The van der Waals surface area contributed by atoms with E-state index < -0.39 is 12.0 Å². The number of anilines is 1. The van der Waals surface area contributed by atoms with E-state index >= 15 is 0 Å². The second-order valence-electron chi connectivity index (χ2n) is 4.22. The van der Waals surface area contributed by atoms with Gasteiger partial charge >= 0.3 is 6.18 Å². The molecule has 0 amide bonds. The summed E-state index contributed by atoms with van der Waals surface area (Å²) in [6, 6.07) is -0.114. The van der Waals surface area contributed by atoms with Crippen molar-refractivity contribution in [3.8, 4) is 0 Å². The van der Waals surface area contributed by atoms with Gasteiger partial charge in [-0.25, -0.2) is 0 Å². The van der Waals surface area contributed by atoms with Crippen LogP contribution in [0.3, 0.4) is 0 Å². The first-order chi connectivity index (χ1) is 7.89. The van der Waals surface area contributed by atoms with E-state index in [9.17, 15) is 13.2 Å². The van der Waals surface area contributed by atoms with Gasteiger partial charge in [0.05, 0.1) is 0 Å². The number of alkyl halides is 3. The number of halogens is 3. The minimum absolute atomic E-state index is 0.0550. The van der Waals surface area contributed by atoms with Gasteiger partial charge in [-0.2, -0.15) is 18.2 Å². The topological polar surface area (TPSA) is 70.8 Å². The lowest BCUT2D eigenvalue weighted by Gasteiger charge is -2.36. The first-order valence-electron chi connectivity index (χ1n) is 5.41. The second kappa shape index (κ2) is 4.17. The van der Waals surface area contributed by atoms with Gasteiger partial charge in [0.15, 0.2) is 0 Å². The molecule has 2 rings (SSSR count). The summed E-state index contributed by atoms with van der Waals surface area (Å²) < 4.78 is 37.1. The van der Waals surface area contributed by atoms with Crippen LogP contribution in [-0.2, 0) is 6.18 Å². The highest BCUT2D eigenvalue weighted by atomic mass is 19.4. The Kier molecular flexibility index (Phi) is 2.98. The zero-order chi connectivity index (χ0) is 12.6. The van der Waals surface area contributed by atoms with Crippen LogP contribution in [-0.4, -0.2) is 33.8 Å². The summed E-state index contributed by atoms with van der Waals surface area (Å²) in [5.41, 5.74) is 5.87. The first kappa shape index (κ1) is 12.2. The predicted octanol–water partition coefficient (Wildman–Crippen LogP) is 1.14. The number of hydrogen-bond donors (Lipinski definition) is 2. The fourth-order valence-corrected chi connectivity index (χ4v) is 1.96.